The molecule has 2 amide bonds. The normalized spacial score (nSPS) is 16.8. The molecule has 140 valence electrons. The van der Waals surface area contributed by atoms with Crippen LogP contribution in [0.5, 0.6) is 0 Å². The predicted octanol–water partition coefficient (Wildman–Crippen LogP) is 2.57. The van der Waals surface area contributed by atoms with Crippen LogP contribution < -0.4 is 10.9 Å². The van der Waals surface area contributed by atoms with Crippen LogP contribution in [-0.4, -0.2) is 32.6 Å². The van der Waals surface area contributed by atoms with Crippen molar-refractivity contribution >= 4 is 16.9 Å². The highest BCUT2D eigenvalue weighted by Gasteiger charge is 2.33. The molecule has 0 aliphatic carbocycles. The number of aromatic amines is 1. The summed E-state index contributed by atoms with van der Waals surface area (Å²) in [5.74, 6) is 1.18. The minimum Gasteiger partial charge on any atom is -0.361 e. The van der Waals surface area contributed by atoms with E-state index in [0.29, 0.717) is 23.3 Å². The molecule has 0 bridgehead atoms. The Morgan fingerprint density at radius 2 is 2.19 bits per heavy atom. The van der Waals surface area contributed by atoms with Gasteiger partial charge < -0.3 is 19.7 Å². The van der Waals surface area contributed by atoms with Crippen molar-refractivity contribution in [2.45, 2.75) is 39.3 Å². The summed E-state index contributed by atoms with van der Waals surface area (Å²) < 4.78 is 5.26. The number of likely N-dealkylation sites (tertiary alicyclic amines) is 1. The second kappa shape index (κ2) is 6.86. The van der Waals surface area contributed by atoms with E-state index in [-0.39, 0.29) is 24.2 Å². The molecular formula is C19H21N5O3. The lowest BCUT2D eigenvalue weighted by molar-refractivity contribution is 0.192. The Hall–Kier alpha value is -3.16. The number of carbonyl (C=O) groups is 1. The van der Waals surface area contributed by atoms with Gasteiger partial charge in [0.15, 0.2) is 0 Å². The molecule has 1 atom stereocenters. The number of benzene rings is 1. The first-order valence-corrected chi connectivity index (χ1v) is 9.00. The maximum Gasteiger partial charge on any atom is 0.318 e. The molecule has 0 radical (unpaired) electrons. The number of rotatable bonds is 3. The molecule has 1 aliphatic rings. The summed E-state index contributed by atoms with van der Waals surface area (Å²) in [5.41, 5.74) is 2.21. The third-order valence-corrected chi connectivity index (χ3v) is 5.00. The van der Waals surface area contributed by atoms with Crippen molar-refractivity contribution in [3.8, 4) is 0 Å². The molecule has 2 N–H and O–H groups in total. The number of hydrogen-bond donors (Lipinski definition) is 2. The fourth-order valence-corrected chi connectivity index (χ4v) is 3.76. The Kier molecular flexibility index (Phi) is 4.39. The first kappa shape index (κ1) is 17.3. The zero-order valence-electron chi connectivity index (χ0n) is 15.3. The van der Waals surface area contributed by atoms with E-state index >= 15 is 0 Å². The quantitative estimate of drug-likeness (QED) is 0.740. The van der Waals surface area contributed by atoms with Crippen LogP contribution in [0.2, 0.25) is 0 Å². The lowest BCUT2D eigenvalue weighted by Crippen LogP contribution is -2.39. The maximum atomic E-state index is 12.7. The Bertz CT molecular complexity index is 1040. The molecule has 0 unspecified atom stereocenters. The van der Waals surface area contributed by atoms with Crippen LogP contribution in [0.3, 0.4) is 0 Å². The van der Waals surface area contributed by atoms with Crippen molar-refractivity contribution in [1.82, 2.24) is 25.3 Å². The fourth-order valence-electron chi connectivity index (χ4n) is 3.76. The van der Waals surface area contributed by atoms with Gasteiger partial charge in [-0.2, -0.15) is 0 Å². The Labute approximate surface area is 155 Å². The largest absolute Gasteiger partial charge is 0.361 e. The monoisotopic (exact) mass is 367 g/mol. The zero-order valence-corrected chi connectivity index (χ0v) is 15.3. The van der Waals surface area contributed by atoms with Crippen LogP contribution in [0.4, 0.5) is 4.79 Å². The fraction of sp³-hybridized carbons (Fsp3) is 0.368. The summed E-state index contributed by atoms with van der Waals surface area (Å²) in [6.45, 7) is 4.59. The molecule has 0 saturated carbocycles. The average molecular weight is 367 g/mol. The Balaban J connectivity index is 1.50. The van der Waals surface area contributed by atoms with Gasteiger partial charge in [0.25, 0.3) is 5.56 Å². The first-order chi connectivity index (χ1) is 13.0. The molecule has 2 aromatic heterocycles. The number of urea groups is 1. The highest BCUT2D eigenvalue weighted by molar-refractivity contribution is 5.77. The van der Waals surface area contributed by atoms with Crippen LogP contribution in [0, 0.1) is 13.8 Å². The van der Waals surface area contributed by atoms with E-state index in [0.717, 1.165) is 29.9 Å². The van der Waals surface area contributed by atoms with Crippen molar-refractivity contribution < 1.29 is 9.32 Å². The van der Waals surface area contributed by atoms with Crippen molar-refractivity contribution in [2.24, 2.45) is 0 Å². The van der Waals surface area contributed by atoms with E-state index in [1.807, 2.05) is 19.9 Å². The number of aryl methyl sites for hydroxylation is 2. The van der Waals surface area contributed by atoms with Gasteiger partial charge in [0.05, 0.1) is 29.2 Å². The summed E-state index contributed by atoms with van der Waals surface area (Å²) in [7, 11) is 0. The number of nitrogens with zero attached hydrogens (tertiary/aromatic N) is 3. The third-order valence-electron chi connectivity index (χ3n) is 5.00. The molecule has 0 spiro atoms. The van der Waals surface area contributed by atoms with E-state index in [1.54, 1.807) is 23.1 Å². The molecule has 3 aromatic rings. The number of fused-ring (bicyclic) bond motifs is 1. The molecule has 4 rings (SSSR count). The number of para-hydroxylation sites is 1. The van der Waals surface area contributed by atoms with Crippen LogP contribution in [0.1, 0.15) is 41.7 Å². The predicted molar refractivity (Wildman–Crippen MR) is 99.3 cm³/mol. The van der Waals surface area contributed by atoms with Gasteiger partial charge in [-0.25, -0.2) is 9.78 Å². The van der Waals surface area contributed by atoms with Gasteiger partial charge in [-0.3, -0.25) is 4.79 Å². The van der Waals surface area contributed by atoms with Crippen molar-refractivity contribution in [2.75, 3.05) is 6.54 Å². The van der Waals surface area contributed by atoms with Crippen molar-refractivity contribution in [3.05, 3.63) is 57.5 Å². The van der Waals surface area contributed by atoms with Crippen molar-refractivity contribution in [3.63, 3.8) is 0 Å². The molecule has 1 fully saturated rings. The summed E-state index contributed by atoms with van der Waals surface area (Å²) in [6.07, 6.45) is 1.80. The van der Waals surface area contributed by atoms with Gasteiger partial charge >= 0.3 is 6.03 Å². The molecule has 8 heteroatoms. The topological polar surface area (TPSA) is 104 Å². The number of H-pyrrole nitrogens is 1. The summed E-state index contributed by atoms with van der Waals surface area (Å²) in [4.78, 5) is 33.8. The summed E-state index contributed by atoms with van der Waals surface area (Å²) in [5, 5.41) is 7.40. The van der Waals surface area contributed by atoms with E-state index < -0.39 is 0 Å². The van der Waals surface area contributed by atoms with E-state index in [1.165, 1.54) is 0 Å². The smallest absolute Gasteiger partial charge is 0.318 e. The highest BCUT2D eigenvalue weighted by atomic mass is 16.5. The van der Waals surface area contributed by atoms with Gasteiger partial charge in [-0.1, -0.05) is 17.3 Å². The van der Waals surface area contributed by atoms with Crippen LogP contribution >= 0.6 is 0 Å². The number of amides is 2. The molecule has 3 heterocycles. The van der Waals surface area contributed by atoms with Crippen molar-refractivity contribution in [1.29, 1.82) is 0 Å². The standard InChI is InChI=1S/C19H21N5O3/c1-11-17(12(2)27-23-11)15-8-5-9-24(15)19(26)20-10-16-21-14-7-4-3-6-13(14)18(25)22-16/h3-4,6-7,15H,5,8-10H2,1-2H3,(H,20,26)(H,21,22,25)/t15-/m1/s1. The molecule has 1 saturated heterocycles. The van der Waals surface area contributed by atoms with Crippen LogP contribution in [0.15, 0.2) is 33.6 Å². The highest BCUT2D eigenvalue weighted by Crippen LogP contribution is 2.35. The number of aromatic nitrogens is 3. The lowest BCUT2D eigenvalue weighted by Gasteiger charge is -2.25. The minimum absolute atomic E-state index is 0.0418. The number of carbonyl (C=O) groups excluding carboxylic acids is 1. The first-order valence-electron chi connectivity index (χ1n) is 9.00. The van der Waals surface area contributed by atoms with E-state index in [4.69, 9.17) is 4.52 Å². The SMILES string of the molecule is Cc1noc(C)c1[C@H]1CCCN1C(=O)NCc1nc2ccccc2c(=O)[nH]1. The van der Waals surface area contributed by atoms with Crippen LogP contribution in [0.25, 0.3) is 10.9 Å². The molecule has 27 heavy (non-hydrogen) atoms. The second-order valence-corrected chi connectivity index (χ2v) is 6.78. The Morgan fingerprint density at radius 3 is 2.96 bits per heavy atom. The van der Waals surface area contributed by atoms with Gasteiger partial charge in [-0.05, 0) is 38.8 Å². The average Bonchev–Trinajstić information content (AvgIpc) is 3.26. The molecule has 1 aliphatic heterocycles. The maximum absolute atomic E-state index is 12.7. The molecular weight excluding hydrogens is 346 g/mol. The van der Waals surface area contributed by atoms with Gasteiger partial charge in [0.2, 0.25) is 0 Å². The molecule has 1 aromatic carbocycles. The number of nitrogens with one attached hydrogen (secondary N) is 2. The summed E-state index contributed by atoms with van der Waals surface area (Å²) in [6, 6.07) is 6.90. The summed E-state index contributed by atoms with van der Waals surface area (Å²) >= 11 is 0. The van der Waals surface area contributed by atoms with E-state index in [9.17, 15) is 9.59 Å². The number of hydrogen-bond acceptors (Lipinski definition) is 5. The van der Waals surface area contributed by atoms with Crippen LogP contribution in [-0.2, 0) is 6.54 Å². The van der Waals surface area contributed by atoms with Gasteiger partial charge in [0, 0.05) is 12.1 Å². The lowest BCUT2D eigenvalue weighted by atomic mass is 10.0. The second-order valence-electron chi connectivity index (χ2n) is 6.78. The zero-order chi connectivity index (χ0) is 19.0. The minimum atomic E-state index is -0.209. The third kappa shape index (κ3) is 3.18. The van der Waals surface area contributed by atoms with Gasteiger partial charge in [0.1, 0.15) is 11.6 Å². The Morgan fingerprint density at radius 1 is 1.37 bits per heavy atom. The van der Waals surface area contributed by atoms with E-state index in [2.05, 4.69) is 20.4 Å². The molecule has 8 nitrogen and oxygen atoms in total. The van der Waals surface area contributed by atoms with Gasteiger partial charge in [-0.15, -0.1) is 0 Å².